The number of rotatable bonds is 4. The van der Waals surface area contributed by atoms with E-state index in [0.29, 0.717) is 47.3 Å². The van der Waals surface area contributed by atoms with E-state index in [1.807, 2.05) is 0 Å². The third-order valence-electron chi connectivity index (χ3n) is 19.2. The van der Waals surface area contributed by atoms with Crippen LogP contribution in [0.15, 0.2) is 220 Å². The fourth-order valence-electron chi connectivity index (χ4n) is 15.7. The van der Waals surface area contributed by atoms with Crippen LogP contribution in [0.4, 0.5) is 0 Å². The van der Waals surface area contributed by atoms with Gasteiger partial charge in [0.05, 0.1) is 0 Å². The fraction of sp³-hybridized carbons (Fsp3) is 0.324. The van der Waals surface area contributed by atoms with E-state index >= 15 is 0 Å². The molecule has 11 aliphatic rings. The molecule has 14 rings (SSSR count). The van der Waals surface area contributed by atoms with Gasteiger partial charge < -0.3 is 0 Å². The zero-order chi connectivity index (χ0) is 45.5. The highest BCUT2D eigenvalue weighted by atomic mass is 14.5. The van der Waals surface area contributed by atoms with Crippen molar-refractivity contribution in [3.05, 3.63) is 242 Å². The molecule has 3 aromatic rings. The van der Waals surface area contributed by atoms with Gasteiger partial charge in [-0.15, -0.1) is 0 Å². The number of fused-ring (bicyclic) bond motifs is 12. The third-order valence-corrected chi connectivity index (χ3v) is 19.2. The molecule has 8 unspecified atom stereocenters. The summed E-state index contributed by atoms with van der Waals surface area (Å²) in [5.41, 5.74) is 27.3. The van der Waals surface area contributed by atoms with Crippen molar-refractivity contribution in [2.75, 3.05) is 0 Å². The van der Waals surface area contributed by atoms with Crippen molar-refractivity contribution in [3.8, 4) is 22.3 Å². The van der Waals surface area contributed by atoms with Crippen LogP contribution in [-0.4, -0.2) is 0 Å². The van der Waals surface area contributed by atoms with Crippen LogP contribution < -0.4 is 0 Å². The summed E-state index contributed by atoms with van der Waals surface area (Å²) in [5.74, 6) is 3.84. The molecule has 0 saturated heterocycles. The van der Waals surface area contributed by atoms with Gasteiger partial charge in [0.1, 0.15) is 0 Å². The zero-order valence-electron chi connectivity index (χ0n) is 40.4. The quantitative estimate of drug-likeness (QED) is 0.245. The van der Waals surface area contributed by atoms with E-state index in [2.05, 4.69) is 198 Å². The number of allylic oxidation sites excluding steroid dienone is 28. The first-order valence-corrected chi connectivity index (χ1v) is 26.4. The molecule has 8 atom stereocenters. The Hall–Kier alpha value is -5.98. The molecule has 68 heavy (non-hydrogen) atoms. The van der Waals surface area contributed by atoms with Crippen LogP contribution in [0.5, 0.6) is 0 Å². The Morgan fingerprint density at radius 3 is 2.01 bits per heavy atom. The molecule has 11 aliphatic carbocycles. The van der Waals surface area contributed by atoms with Crippen molar-refractivity contribution in [1.29, 1.82) is 0 Å². The maximum Gasteiger partial charge on any atom is 0.0159 e. The lowest BCUT2D eigenvalue weighted by molar-refractivity contribution is 0.346. The van der Waals surface area contributed by atoms with Crippen molar-refractivity contribution in [1.82, 2.24) is 0 Å². The molecule has 0 N–H and O–H groups in total. The van der Waals surface area contributed by atoms with Crippen LogP contribution in [0, 0.1) is 47.3 Å². The van der Waals surface area contributed by atoms with Gasteiger partial charge in [-0.1, -0.05) is 186 Å². The van der Waals surface area contributed by atoms with Gasteiger partial charge in [0.25, 0.3) is 0 Å². The van der Waals surface area contributed by atoms with Gasteiger partial charge in [0.15, 0.2) is 0 Å². The zero-order valence-corrected chi connectivity index (χ0v) is 40.4. The van der Waals surface area contributed by atoms with Crippen LogP contribution in [0.3, 0.4) is 0 Å². The van der Waals surface area contributed by atoms with Gasteiger partial charge in [0.2, 0.25) is 0 Å². The molecule has 0 nitrogen and oxygen atoms in total. The summed E-state index contributed by atoms with van der Waals surface area (Å²) in [4.78, 5) is 0. The Balaban J connectivity index is 0.835. The van der Waals surface area contributed by atoms with Crippen molar-refractivity contribution in [2.45, 2.75) is 89.9 Å². The minimum atomic E-state index is -0.00846. The van der Waals surface area contributed by atoms with E-state index < -0.39 is 0 Å². The standard InChI is InChI=1S/C68H64/c1-67(2)63-26-12-11-23-54(63)55-32-29-45(37-64(55)67)46-30-34-57-56-33-28-44(36-65(56)68(3,4)66(57)38-46)43-27-31-53-58(35-43)62-40-59(49-24-13-17-41-15-5-7-19-47(41)49)51-21-9-10-22-52(51)61(62)39-60(53)50-25-14-18-42-16-6-8-20-48(42)50/h5-6,9-18,21,23-26,28-30,32-35,37-40,47-50,52,61-62,65H,7-8,19-20,22,27,31,36H2,1-4H3. The Morgan fingerprint density at radius 1 is 0.529 bits per heavy atom. The smallest absolute Gasteiger partial charge is 0.0159 e. The van der Waals surface area contributed by atoms with Crippen LogP contribution in [0.1, 0.15) is 101 Å². The van der Waals surface area contributed by atoms with Crippen molar-refractivity contribution >= 4 is 5.57 Å². The Morgan fingerprint density at radius 2 is 1.24 bits per heavy atom. The van der Waals surface area contributed by atoms with E-state index in [-0.39, 0.29) is 10.8 Å². The third kappa shape index (κ3) is 6.04. The predicted molar refractivity (Wildman–Crippen MR) is 285 cm³/mol. The molecule has 336 valence electrons. The molecule has 0 amide bonds. The summed E-state index contributed by atoms with van der Waals surface area (Å²) in [7, 11) is 0. The van der Waals surface area contributed by atoms with Gasteiger partial charge in [-0.2, -0.15) is 0 Å². The van der Waals surface area contributed by atoms with Crippen molar-refractivity contribution < 1.29 is 0 Å². The number of hydrogen-bond donors (Lipinski definition) is 0. The van der Waals surface area contributed by atoms with Gasteiger partial charge in [-0.25, -0.2) is 0 Å². The molecule has 0 radical (unpaired) electrons. The van der Waals surface area contributed by atoms with Crippen molar-refractivity contribution in [2.24, 2.45) is 47.3 Å². The minimum Gasteiger partial charge on any atom is -0.0842 e. The van der Waals surface area contributed by atoms with E-state index in [0.717, 1.165) is 25.7 Å². The van der Waals surface area contributed by atoms with Gasteiger partial charge in [-0.05, 0) is 199 Å². The maximum atomic E-state index is 2.85. The van der Waals surface area contributed by atoms with Gasteiger partial charge in [0, 0.05) is 23.2 Å². The molecular weight excluding hydrogens is 817 g/mol. The molecule has 0 aliphatic heterocycles. The largest absolute Gasteiger partial charge is 0.0842 e. The monoisotopic (exact) mass is 881 g/mol. The van der Waals surface area contributed by atoms with Gasteiger partial charge in [-0.3, -0.25) is 0 Å². The molecule has 0 aromatic heterocycles. The first-order chi connectivity index (χ1) is 33.2. The summed E-state index contributed by atoms with van der Waals surface area (Å²) in [6, 6.07) is 23.7. The fourth-order valence-corrected chi connectivity index (χ4v) is 15.7. The van der Waals surface area contributed by atoms with Crippen LogP contribution >= 0.6 is 0 Å². The Bertz CT molecular complexity index is 3200. The molecule has 0 spiro atoms. The average molecular weight is 881 g/mol. The average Bonchev–Trinajstić information content (AvgIpc) is 3.76. The van der Waals surface area contributed by atoms with Crippen LogP contribution in [0.25, 0.3) is 27.8 Å². The second-order valence-corrected chi connectivity index (χ2v) is 23.2. The molecule has 3 aromatic carbocycles. The summed E-state index contributed by atoms with van der Waals surface area (Å²) in [6.07, 6.45) is 54.5. The van der Waals surface area contributed by atoms with E-state index in [1.165, 1.54) is 86.9 Å². The normalized spacial score (nSPS) is 31.4. The molecule has 0 heterocycles. The highest BCUT2D eigenvalue weighted by Gasteiger charge is 2.47. The minimum absolute atomic E-state index is 0.00846. The highest BCUT2D eigenvalue weighted by Crippen LogP contribution is 2.60. The first kappa shape index (κ1) is 41.0. The summed E-state index contributed by atoms with van der Waals surface area (Å²) in [6.45, 7) is 9.86. The second-order valence-electron chi connectivity index (χ2n) is 23.2. The first-order valence-electron chi connectivity index (χ1n) is 26.4. The van der Waals surface area contributed by atoms with Crippen LogP contribution in [0.2, 0.25) is 0 Å². The van der Waals surface area contributed by atoms with Crippen LogP contribution in [-0.2, 0) is 10.8 Å². The Labute approximate surface area is 405 Å². The predicted octanol–water partition coefficient (Wildman–Crippen LogP) is 17.1. The summed E-state index contributed by atoms with van der Waals surface area (Å²) < 4.78 is 0. The van der Waals surface area contributed by atoms with Crippen molar-refractivity contribution in [3.63, 3.8) is 0 Å². The van der Waals surface area contributed by atoms with E-state index in [9.17, 15) is 0 Å². The highest BCUT2D eigenvalue weighted by molar-refractivity contribution is 5.86. The van der Waals surface area contributed by atoms with Gasteiger partial charge >= 0.3 is 0 Å². The lowest BCUT2D eigenvalue weighted by atomic mass is 9.56. The SMILES string of the molecule is CC1(C)c2ccccc2-c2ccc(-c3ccc4c(c3)C(C)(C)C3CC(C5=CC6=C(CC5)C(C5C=CC=C7C=CCCC75)=CC5C6C=C(C6C=CC=C7C=CCCC76)C6=CC=CCC65)=CC=C43)cc21. The molecule has 0 heteroatoms. The molecule has 0 saturated carbocycles. The number of benzene rings is 3. The topological polar surface area (TPSA) is 0 Å². The van der Waals surface area contributed by atoms with E-state index in [4.69, 9.17) is 0 Å². The molecule has 0 bridgehead atoms. The summed E-state index contributed by atoms with van der Waals surface area (Å²) >= 11 is 0. The summed E-state index contributed by atoms with van der Waals surface area (Å²) in [5, 5.41) is 0. The Kier molecular flexibility index (Phi) is 9.21. The lowest BCUT2D eigenvalue weighted by Gasteiger charge is -2.47. The molecular formula is C68H64. The second kappa shape index (κ2) is 15.3. The number of hydrogen-bond acceptors (Lipinski definition) is 0. The lowest BCUT2D eigenvalue weighted by Crippen LogP contribution is -2.37. The maximum absolute atomic E-state index is 2.85. The molecule has 0 fully saturated rings. The van der Waals surface area contributed by atoms with E-state index in [1.54, 1.807) is 39.0 Å².